The van der Waals surface area contributed by atoms with Crippen molar-refractivity contribution in [3.05, 3.63) is 29.8 Å². The van der Waals surface area contributed by atoms with Gasteiger partial charge in [0, 0.05) is 11.3 Å². The second kappa shape index (κ2) is 7.85. The molecule has 2 amide bonds. The lowest BCUT2D eigenvalue weighted by molar-refractivity contribution is -0.120. The third-order valence-electron chi connectivity index (χ3n) is 2.70. The molecule has 1 rings (SSSR count). The predicted octanol–water partition coefficient (Wildman–Crippen LogP) is 0.917. The van der Waals surface area contributed by atoms with Crippen LogP contribution in [0.2, 0.25) is 0 Å². The minimum Gasteiger partial charge on any atom is -0.399 e. The van der Waals surface area contributed by atoms with E-state index < -0.39 is 0 Å². The van der Waals surface area contributed by atoms with E-state index in [2.05, 4.69) is 16.6 Å². The molecule has 20 heavy (non-hydrogen) atoms. The summed E-state index contributed by atoms with van der Waals surface area (Å²) >= 11 is 0. The molecule has 5 heteroatoms. The lowest BCUT2D eigenvalue weighted by Crippen LogP contribution is -2.41. The van der Waals surface area contributed by atoms with E-state index in [0.717, 1.165) is 6.42 Å². The zero-order valence-electron chi connectivity index (χ0n) is 11.5. The molecule has 1 unspecified atom stereocenters. The molecule has 1 aromatic rings. The summed E-state index contributed by atoms with van der Waals surface area (Å²) < 4.78 is 0. The van der Waals surface area contributed by atoms with Crippen LogP contribution in [0.25, 0.3) is 0 Å². The molecular formula is C15H19N3O2. The largest absolute Gasteiger partial charge is 0.399 e. The van der Waals surface area contributed by atoms with E-state index in [0.29, 0.717) is 17.7 Å². The van der Waals surface area contributed by atoms with Crippen LogP contribution in [0.5, 0.6) is 0 Å². The molecule has 1 aromatic carbocycles. The van der Waals surface area contributed by atoms with Gasteiger partial charge in [-0.25, -0.2) is 0 Å². The second-order valence-corrected chi connectivity index (χ2v) is 4.38. The van der Waals surface area contributed by atoms with Gasteiger partial charge in [-0.15, -0.1) is 6.42 Å². The maximum atomic E-state index is 11.8. The van der Waals surface area contributed by atoms with Crippen LogP contribution in [-0.4, -0.2) is 24.4 Å². The summed E-state index contributed by atoms with van der Waals surface area (Å²) in [5.74, 6) is 1.87. The molecule has 0 heterocycles. The van der Waals surface area contributed by atoms with Crippen molar-refractivity contribution in [2.75, 3.05) is 12.3 Å². The third-order valence-corrected chi connectivity index (χ3v) is 2.70. The van der Waals surface area contributed by atoms with E-state index in [1.807, 2.05) is 6.92 Å². The van der Waals surface area contributed by atoms with Crippen LogP contribution in [0.1, 0.15) is 30.1 Å². The smallest absolute Gasteiger partial charge is 0.251 e. The van der Waals surface area contributed by atoms with Crippen molar-refractivity contribution < 1.29 is 9.59 Å². The number of terminal acetylenes is 1. The number of benzene rings is 1. The zero-order chi connectivity index (χ0) is 15.0. The van der Waals surface area contributed by atoms with Crippen molar-refractivity contribution in [3.8, 4) is 12.3 Å². The first kappa shape index (κ1) is 15.6. The first-order valence-electron chi connectivity index (χ1n) is 6.46. The molecule has 0 fully saturated rings. The Morgan fingerprint density at radius 1 is 1.35 bits per heavy atom. The number of carbonyl (C=O) groups excluding carboxylic acids is 2. The van der Waals surface area contributed by atoms with Crippen molar-refractivity contribution in [1.29, 1.82) is 0 Å². The Hall–Kier alpha value is -2.48. The summed E-state index contributed by atoms with van der Waals surface area (Å²) in [6.07, 6.45) is 6.90. The highest BCUT2D eigenvalue weighted by molar-refractivity contribution is 5.96. The van der Waals surface area contributed by atoms with Gasteiger partial charge in [0.05, 0.1) is 12.6 Å². The number of nitrogens with one attached hydrogen (secondary N) is 2. The average molecular weight is 273 g/mol. The molecular weight excluding hydrogens is 254 g/mol. The van der Waals surface area contributed by atoms with E-state index in [4.69, 9.17) is 12.2 Å². The Labute approximate surface area is 118 Å². The fraction of sp³-hybridized carbons (Fsp3) is 0.333. The number of hydrogen-bond donors (Lipinski definition) is 3. The molecule has 0 aromatic heterocycles. The maximum absolute atomic E-state index is 11.8. The Morgan fingerprint density at radius 2 is 2.00 bits per heavy atom. The van der Waals surface area contributed by atoms with Gasteiger partial charge in [-0.3, -0.25) is 9.59 Å². The van der Waals surface area contributed by atoms with E-state index in [1.165, 1.54) is 0 Å². The number of rotatable bonds is 6. The zero-order valence-corrected chi connectivity index (χ0v) is 11.5. The van der Waals surface area contributed by atoms with Crippen molar-refractivity contribution in [1.82, 2.24) is 10.6 Å². The van der Waals surface area contributed by atoms with E-state index >= 15 is 0 Å². The number of nitrogen functional groups attached to an aromatic ring is 1. The minimum absolute atomic E-state index is 0.106. The number of amides is 2. The SMILES string of the molecule is C#CC(CCC)NC(=O)CNC(=O)c1ccc(N)cc1. The molecule has 0 aliphatic rings. The van der Waals surface area contributed by atoms with Crippen LogP contribution in [0.15, 0.2) is 24.3 Å². The fourth-order valence-electron chi connectivity index (χ4n) is 1.63. The van der Waals surface area contributed by atoms with Gasteiger partial charge in [-0.2, -0.15) is 0 Å². The van der Waals surface area contributed by atoms with Crippen molar-refractivity contribution in [2.24, 2.45) is 0 Å². The standard InChI is InChI=1S/C15H19N3O2/c1-3-5-13(4-2)18-14(19)10-17-15(20)11-6-8-12(16)9-7-11/h2,6-9,13H,3,5,10,16H2,1H3,(H,17,20)(H,18,19). The molecule has 0 radical (unpaired) electrons. The van der Waals surface area contributed by atoms with Gasteiger partial charge in [-0.05, 0) is 30.7 Å². The molecule has 0 saturated carbocycles. The molecule has 4 N–H and O–H groups in total. The summed E-state index contributed by atoms with van der Waals surface area (Å²) in [7, 11) is 0. The summed E-state index contributed by atoms with van der Waals surface area (Å²) in [6.45, 7) is 1.88. The highest BCUT2D eigenvalue weighted by atomic mass is 16.2. The Balaban J connectivity index is 2.43. The van der Waals surface area contributed by atoms with Crippen LogP contribution >= 0.6 is 0 Å². The summed E-state index contributed by atoms with van der Waals surface area (Å²) in [5, 5.41) is 5.20. The molecule has 106 valence electrons. The van der Waals surface area contributed by atoms with Gasteiger partial charge < -0.3 is 16.4 Å². The summed E-state index contributed by atoms with van der Waals surface area (Å²) in [5.41, 5.74) is 6.57. The van der Waals surface area contributed by atoms with E-state index in [9.17, 15) is 9.59 Å². The van der Waals surface area contributed by atoms with Crippen molar-refractivity contribution in [3.63, 3.8) is 0 Å². The predicted molar refractivity (Wildman–Crippen MR) is 78.9 cm³/mol. The molecule has 0 bridgehead atoms. The van der Waals surface area contributed by atoms with Crippen LogP contribution < -0.4 is 16.4 Å². The van der Waals surface area contributed by atoms with Crippen molar-refractivity contribution >= 4 is 17.5 Å². The van der Waals surface area contributed by atoms with Gasteiger partial charge in [0.15, 0.2) is 0 Å². The fourth-order valence-corrected chi connectivity index (χ4v) is 1.63. The van der Waals surface area contributed by atoms with Crippen LogP contribution in [0.4, 0.5) is 5.69 Å². The Kier molecular flexibility index (Phi) is 6.11. The van der Waals surface area contributed by atoms with Crippen LogP contribution in [-0.2, 0) is 4.79 Å². The second-order valence-electron chi connectivity index (χ2n) is 4.38. The Bertz CT molecular complexity index is 503. The van der Waals surface area contributed by atoms with Gasteiger partial charge in [-0.1, -0.05) is 19.3 Å². The van der Waals surface area contributed by atoms with E-state index in [1.54, 1.807) is 24.3 Å². The minimum atomic E-state index is -0.326. The quantitative estimate of drug-likeness (QED) is 0.532. The third kappa shape index (κ3) is 5.02. The number of anilines is 1. The van der Waals surface area contributed by atoms with Gasteiger partial charge in [0.2, 0.25) is 5.91 Å². The summed E-state index contributed by atoms with van der Waals surface area (Å²) in [4.78, 5) is 23.4. The number of hydrogen-bond acceptors (Lipinski definition) is 3. The monoisotopic (exact) mass is 273 g/mol. The lowest BCUT2D eigenvalue weighted by Gasteiger charge is -2.12. The molecule has 5 nitrogen and oxygen atoms in total. The Morgan fingerprint density at radius 3 is 2.55 bits per heavy atom. The average Bonchev–Trinajstić information content (AvgIpc) is 2.45. The van der Waals surface area contributed by atoms with Crippen LogP contribution in [0.3, 0.4) is 0 Å². The molecule has 0 spiro atoms. The van der Waals surface area contributed by atoms with Gasteiger partial charge >= 0.3 is 0 Å². The lowest BCUT2D eigenvalue weighted by atomic mass is 10.2. The van der Waals surface area contributed by atoms with Gasteiger partial charge in [0.25, 0.3) is 5.91 Å². The van der Waals surface area contributed by atoms with E-state index in [-0.39, 0.29) is 24.4 Å². The highest BCUT2D eigenvalue weighted by Gasteiger charge is 2.10. The topological polar surface area (TPSA) is 84.2 Å². The number of nitrogens with two attached hydrogens (primary N) is 1. The molecule has 1 atom stereocenters. The summed E-state index contributed by atoms with van der Waals surface area (Å²) in [6, 6.07) is 6.17. The maximum Gasteiger partial charge on any atom is 0.251 e. The first-order valence-corrected chi connectivity index (χ1v) is 6.46. The number of carbonyl (C=O) groups is 2. The molecule has 0 aliphatic heterocycles. The van der Waals surface area contributed by atoms with Crippen molar-refractivity contribution in [2.45, 2.75) is 25.8 Å². The van der Waals surface area contributed by atoms with Crippen LogP contribution in [0, 0.1) is 12.3 Å². The normalized spacial score (nSPS) is 11.2. The molecule has 0 aliphatic carbocycles. The highest BCUT2D eigenvalue weighted by Crippen LogP contribution is 2.04. The molecule has 0 saturated heterocycles. The van der Waals surface area contributed by atoms with Gasteiger partial charge in [0.1, 0.15) is 0 Å². The first-order chi connectivity index (χ1) is 9.56.